The second kappa shape index (κ2) is 11.3. The fourth-order valence-electron chi connectivity index (χ4n) is 3.41. The van der Waals surface area contributed by atoms with Crippen molar-refractivity contribution in [3.05, 3.63) is 108 Å². The normalized spacial score (nSPS) is 10.3. The molecule has 1 aromatic heterocycles. The van der Waals surface area contributed by atoms with Crippen LogP contribution in [0.4, 0.5) is 5.82 Å². The van der Waals surface area contributed by atoms with Crippen molar-refractivity contribution in [2.24, 2.45) is 0 Å². The zero-order chi connectivity index (χ0) is 24.5. The average Bonchev–Trinajstić information content (AvgIpc) is 3.30. The zero-order valence-electron chi connectivity index (χ0n) is 18.8. The van der Waals surface area contributed by atoms with Gasteiger partial charge in [0.05, 0.1) is 11.9 Å². The summed E-state index contributed by atoms with van der Waals surface area (Å²) in [5.41, 5.74) is 2.91. The zero-order valence-corrected chi connectivity index (χ0v) is 18.8. The number of benzene rings is 3. The largest absolute Gasteiger partial charge is 0.482 e. The Morgan fingerprint density at radius 2 is 1.60 bits per heavy atom. The maximum atomic E-state index is 12.4. The summed E-state index contributed by atoms with van der Waals surface area (Å²) < 4.78 is 12.2. The fourth-order valence-corrected chi connectivity index (χ4v) is 3.41. The molecule has 8 nitrogen and oxygen atoms in total. The number of nitrogens with one attached hydrogen (secondary N) is 1. The number of nitriles is 1. The number of hydrogen-bond acceptors (Lipinski definition) is 6. The number of ether oxygens (including phenoxy) is 2. The minimum Gasteiger partial charge on any atom is -0.482 e. The summed E-state index contributed by atoms with van der Waals surface area (Å²) in [6.45, 7) is -0.872. The maximum Gasteiger partial charge on any atom is 0.344 e. The van der Waals surface area contributed by atoms with E-state index in [2.05, 4.69) is 10.4 Å². The first-order chi connectivity index (χ1) is 17.1. The Hall–Kier alpha value is -4.90. The van der Waals surface area contributed by atoms with E-state index >= 15 is 0 Å². The highest BCUT2D eigenvalue weighted by molar-refractivity contribution is 5.93. The Kier molecular flexibility index (Phi) is 7.51. The van der Waals surface area contributed by atoms with Crippen molar-refractivity contribution in [2.45, 2.75) is 6.42 Å². The quantitative estimate of drug-likeness (QED) is 0.375. The van der Waals surface area contributed by atoms with Crippen LogP contribution in [0.25, 0.3) is 5.69 Å². The molecule has 1 N–H and O–H groups in total. The third kappa shape index (κ3) is 6.12. The number of carbonyl (C=O) groups is 2. The van der Waals surface area contributed by atoms with Gasteiger partial charge < -0.3 is 14.8 Å². The molecule has 4 rings (SSSR count). The molecule has 3 aromatic carbocycles. The van der Waals surface area contributed by atoms with Crippen LogP contribution in [0.3, 0.4) is 0 Å². The first kappa shape index (κ1) is 23.3. The Morgan fingerprint density at radius 3 is 2.34 bits per heavy atom. The van der Waals surface area contributed by atoms with Gasteiger partial charge in [0.2, 0.25) is 0 Å². The van der Waals surface area contributed by atoms with Crippen molar-refractivity contribution in [2.75, 3.05) is 18.5 Å². The van der Waals surface area contributed by atoms with Gasteiger partial charge in [0.25, 0.3) is 5.91 Å². The van der Waals surface area contributed by atoms with Crippen LogP contribution in [-0.2, 0) is 20.7 Å². The van der Waals surface area contributed by atoms with E-state index < -0.39 is 18.5 Å². The minimum atomic E-state index is -0.688. The highest BCUT2D eigenvalue weighted by atomic mass is 16.6. The average molecular weight is 466 g/mol. The molecule has 0 saturated heterocycles. The van der Waals surface area contributed by atoms with Crippen molar-refractivity contribution in [1.29, 1.82) is 5.26 Å². The van der Waals surface area contributed by atoms with Crippen LogP contribution in [-0.4, -0.2) is 34.9 Å². The van der Waals surface area contributed by atoms with Crippen molar-refractivity contribution in [3.63, 3.8) is 0 Å². The topological polar surface area (TPSA) is 106 Å². The molecule has 0 aliphatic rings. The van der Waals surface area contributed by atoms with Crippen LogP contribution in [0.1, 0.15) is 16.7 Å². The summed E-state index contributed by atoms with van der Waals surface area (Å²) in [6.07, 6.45) is 2.01. The molecule has 0 radical (unpaired) electrons. The van der Waals surface area contributed by atoms with Crippen LogP contribution >= 0.6 is 0 Å². The highest BCUT2D eigenvalue weighted by Crippen LogP contribution is 2.22. The molecule has 8 heteroatoms. The number of rotatable bonds is 9. The summed E-state index contributed by atoms with van der Waals surface area (Å²) in [4.78, 5) is 24.6. The van der Waals surface area contributed by atoms with Gasteiger partial charge in [0.15, 0.2) is 19.0 Å². The molecular weight excluding hydrogens is 444 g/mol. The monoisotopic (exact) mass is 466 g/mol. The van der Waals surface area contributed by atoms with Crippen LogP contribution in [0.5, 0.6) is 5.75 Å². The Bertz CT molecular complexity index is 1340. The van der Waals surface area contributed by atoms with Gasteiger partial charge in [-0.2, -0.15) is 10.4 Å². The van der Waals surface area contributed by atoms with Gasteiger partial charge in [-0.3, -0.25) is 4.79 Å². The van der Waals surface area contributed by atoms with Crippen molar-refractivity contribution >= 4 is 17.7 Å². The van der Waals surface area contributed by atoms with Gasteiger partial charge in [-0.1, -0.05) is 66.7 Å². The van der Waals surface area contributed by atoms with Gasteiger partial charge in [-0.15, -0.1) is 0 Å². The Morgan fingerprint density at radius 1 is 0.914 bits per heavy atom. The summed E-state index contributed by atoms with van der Waals surface area (Å²) in [5.74, 6) is -0.516. The second-order valence-electron chi connectivity index (χ2n) is 7.53. The molecule has 1 amide bonds. The smallest absolute Gasteiger partial charge is 0.344 e. The fraction of sp³-hybridized carbons (Fsp3) is 0.111. The van der Waals surface area contributed by atoms with Crippen LogP contribution in [0.15, 0.2) is 91.1 Å². The lowest BCUT2D eigenvalue weighted by Gasteiger charge is -2.12. The van der Waals surface area contributed by atoms with Gasteiger partial charge in [-0.05, 0) is 29.3 Å². The molecule has 0 spiro atoms. The molecule has 0 bridgehead atoms. The number of hydrogen-bond donors (Lipinski definition) is 1. The molecule has 0 fully saturated rings. The van der Waals surface area contributed by atoms with Crippen molar-refractivity contribution in [3.8, 4) is 17.5 Å². The number of aromatic nitrogens is 2. The molecule has 0 aliphatic carbocycles. The Labute approximate surface area is 202 Å². The lowest BCUT2D eigenvalue weighted by Crippen LogP contribution is -2.25. The molecule has 0 aliphatic heterocycles. The van der Waals surface area contributed by atoms with Gasteiger partial charge in [-0.25, -0.2) is 9.48 Å². The molecule has 174 valence electrons. The number of nitrogens with zero attached hydrogens (tertiary/aromatic N) is 3. The minimum absolute atomic E-state index is 0.187. The third-order valence-electron chi connectivity index (χ3n) is 5.07. The van der Waals surface area contributed by atoms with E-state index in [1.54, 1.807) is 18.2 Å². The molecule has 1 heterocycles. The molecule has 0 unspecified atom stereocenters. The first-order valence-corrected chi connectivity index (χ1v) is 10.9. The summed E-state index contributed by atoms with van der Waals surface area (Å²) in [7, 11) is 0. The number of esters is 1. The summed E-state index contributed by atoms with van der Waals surface area (Å²) in [5, 5.41) is 16.1. The predicted octanol–water partition coefficient (Wildman–Crippen LogP) is 3.90. The van der Waals surface area contributed by atoms with E-state index in [1.165, 1.54) is 10.9 Å². The molecule has 35 heavy (non-hydrogen) atoms. The van der Waals surface area contributed by atoms with Crippen LogP contribution < -0.4 is 10.1 Å². The van der Waals surface area contributed by atoms with E-state index in [0.29, 0.717) is 17.9 Å². The standard InChI is InChI=1S/C27H22N4O4/c28-16-22-17-29-31(23-12-5-2-6-13-23)27(22)30-25(32)18-35-26(33)19-34-24-14-8-7-11-21(24)15-20-9-3-1-4-10-20/h1-14,17H,15,18-19H2,(H,30,32). The number of anilines is 1. The summed E-state index contributed by atoms with van der Waals surface area (Å²) in [6, 6.07) is 28.4. The third-order valence-corrected chi connectivity index (χ3v) is 5.07. The van der Waals surface area contributed by atoms with Gasteiger partial charge in [0.1, 0.15) is 17.4 Å². The van der Waals surface area contributed by atoms with Gasteiger partial charge >= 0.3 is 5.97 Å². The van der Waals surface area contributed by atoms with E-state index in [1.807, 2.05) is 72.8 Å². The number of para-hydroxylation sites is 2. The van der Waals surface area contributed by atoms with Gasteiger partial charge in [0, 0.05) is 6.42 Å². The molecular formula is C27H22N4O4. The van der Waals surface area contributed by atoms with Crippen molar-refractivity contribution in [1.82, 2.24) is 9.78 Å². The first-order valence-electron chi connectivity index (χ1n) is 10.9. The van der Waals surface area contributed by atoms with E-state index in [0.717, 1.165) is 11.1 Å². The molecule has 0 atom stereocenters. The van der Waals surface area contributed by atoms with Crippen LogP contribution in [0, 0.1) is 11.3 Å². The van der Waals surface area contributed by atoms with E-state index in [-0.39, 0.29) is 18.0 Å². The van der Waals surface area contributed by atoms with E-state index in [9.17, 15) is 14.9 Å². The number of amides is 1. The SMILES string of the molecule is N#Cc1cnn(-c2ccccc2)c1NC(=O)COC(=O)COc1ccccc1Cc1ccccc1. The molecule has 4 aromatic rings. The lowest BCUT2D eigenvalue weighted by molar-refractivity contribution is -0.149. The molecule has 0 saturated carbocycles. The number of carbonyl (C=O) groups excluding carboxylic acids is 2. The summed E-state index contributed by atoms with van der Waals surface area (Å²) >= 11 is 0. The van der Waals surface area contributed by atoms with E-state index in [4.69, 9.17) is 9.47 Å². The maximum absolute atomic E-state index is 12.4. The Balaban J connectivity index is 1.32. The predicted molar refractivity (Wildman–Crippen MR) is 129 cm³/mol. The lowest BCUT2D eigenvalue weighted by atomic mass is 10.0. The highest BCUT2D eigenvalue weighted by Gasteiger charge is 2.17. The van der Waals surface area contributed by atoms with Crippen molar-refractivity contribution < 1.29 is 19.1 Å². The second-order valence-corrected chi connectivity index (χ2v) is 7.53. The van der Waals surface area contributed by atoms with Crippen LogP contribution in [0.2, 0.25) is 0 Å².